The smallest absolute Gasteiger partial charge is 0.325 e. The molecule has 20 heavy (non-hydrogen) atoms. The number of fused-ring (bicyclic) bond motifs is 3. The minimum absolute atomic E-state index is 0.658. The van der Waals surface area contributed by atoms with Gasteiger partial charge in [-0.1, -0.05) is 6.92 Å². The molecule has 0 fully saturated rings. The van der Waals surface area contributed by atoms with Crippen LogP contribution in [-0.4, -0.2) is 27.1 Å². The third-order valence-electron chi connectivity index (χ3n) is 3.65. The molecule has 2 aromatic rings. The predicted molar refractivity (Wildman–Crippen MR) is 79.5 cm³/mol. The van der Waals surface area contributed by atoms with Crippen LogP contribution in [0.25, 0.3) is 10.2 Å². The second-order valence-corrected chi connectivity index (χ2v) is 6.17. The number of thiophene rings is 1. The first-order valence-corrected chi connectivity index (χ1v) is 7.72. The number of carboxylic acids is 1. The number of aliphatic carboxylic acids is 1. The van der Waals surface area contributed by atoms with Crippen LogP contribution in [0.2, 0.25) is 0 Å². The number of anilines is 1. The Morgan fingerprint density at radius 2 is 2.25 bits per heavy atom. The van der Waals surface area contributed by atoms with Crippen LogP contribution in [0.3, 0.4) is 0 Å². The van der Waals surface area contributed by atoms with E-state index in [1.54, 1.807) is 18.3 Å². The van der Waals surface area contributed by atoms with Gasteiger partial charge in [-0.15, -0.1) is 11.3 Å². The lowest BCUT2D eigenvalue weighted by atomic mass is 10.2. The van der Waals surface area contributed by atoms with E-state index >= 15 is 0 Å². The lowest BCUT2D eigenvalue weighted by Gasteiger charge is -2.12. The molecular weight excluding hydrogens is 274 g/mol. The largest absolute Gasteiger partial charge is 0.480 e. The molecular formula is C14H17N3O2S. The Balaban J connectivity index is 2.14. The van der Waals surface area contributed by atoms with Crippen LogP contribution in [0.4, 0.5) is 5.82 Å². The summed E-state index contributed by atoms with van der Waals surface area (Å²) < 4.78 is 0. The number of nitrogens with zero attached hydrogens (tertiary/aromatic N) is 2. The molecule has 0 aromatic carbocycles. The van der Waals surface area contributed by atoms with Crippen molar-refractivity contribution < 1.29 is 9.90 Å². The van der Waals surface area contributed by atoms with Gasteiger partial charge in [-0.3, -0.25) is 4.79 Å². The van der Waals surface area contributed by atoms with Crippen molar-refractivity contribution in [1.82, 2.24) is 9.97 Å². The summed E-state index contributed by atoms with van der Waals surface area (Å²) in [5, 5.41) is 13.1. The minimum Gasteiger partial charge on any atom is -0.480 e. The highest BCUT2D eigenvalue weighted by Crippen LogP contribution is 2.39. The molecule has 0 saturated heterocycles. The zero-order valence-corrected chi connectivity index (χ0v) is 12.4. The number of hydrogen-bond donors (Lipinski definition) is 2. The van der Waals surface area contributed by atoms with Crippen LogP contribution in [0.5, 0.6) is 0 Å². The Morgan fingerprint density at radius 1 is 1.45 bits per heavy atom. The number of hydrogen-bond acceptors (Lipinski definition) is 5. The Bertz CT molecular complexity index is 681. The fourth-order valence-electron chi connectivity index (χ4n) is 2.57. The van der Waals surface area contributed by atoms with Crippen LogP contribution < -0.4 is 5.32 Å². The normalized spacial score (nSPS) is 15.3. The van der Waals surface area contributed by atoms with Crippen LogP contribution in [0.15, 0.2) is 0 Å². The number of nitrogens with one attached hydrogen (secondary N) is 1. The van der Waals surface area contributed by atoms with E-state index in [0.717, 1.165) is 35.3 Å². The van der Waals surface area contributed by atoms with Crippen molar-refractivity contribution in [2.45, 2.75) is 45.6 Å². The zero-order valence-electron chi connectivity index (χ0n) is 11.6. The molecule has 0 bridgehead atoms. The van der Waals surface area contributed by atoms with Gasteiger partial charge in [0.1, 0.15) is 22.5 Å². The van der Waals surface area contributed by atoms with Gasteiger partial charge >= 0.3 is 5.97 Å². The quantitative estimate of drug-likeness (QED) is 0.905. The topological polar surface area (TPSA) is 75.1 Å². The summed E-state index contributed by atoms with van der Waals surface area (Å²) in [7, 11) is 0. The van der Waals surface area contributed by atoms with E-state index in [9.17, 15) is 4.79 Å². The van der Waals surface area contributed by atoms with Gasteiger partial charge < -0.3 is 10.4 Å². The Hall–Kier alpha value is -1.69. The standard InChI is InChI=1S/C14H17N3O2S/c1-3-10-16-12(15-7(2)14(18)19)11-8-5-4-6-9(8)20-13(11)17-10/h7H,3-6H2,1-2H3,(H,18,19)(H,15,16,17)/t7-/m1/s1. The van der Waals surface area contributed by atoms with Crippen molar-refractivity contribution in [3.05, 3.63) is 16.3 Å². The van der Waals surface area contributed by atoms with Crippen LogP contribution >= 0.6 is 11.3 Å². The van der Waals surface area contributed by atoms with E-state index in [0.29, 0.717) is 5.82 Å². The van der Waals surface area contributed by atoms with Gasteiger partial charge in [0, 0.05) is 11.3 Å². The SMILES string of the molecule is CCc1nc(N[C@H](C)C(=O)O)c2c3c(sc2n1)CCC3. The summed E-state index contributed by atoms with van der Waals surface area (Å²) in [6, 6.07) is -0.658. The summed E-state index contributed by atoms with van der Waals surface area (Å²) in [5.74, 6) is 0.570. The second-order valence-electron chi connectivity index (χ2n) is 5.08. The monoisotopic (exact) mass is 291 g/mol. The number of carboxylic acid groups (broad SMARTS) is 1. The lowest BCUT2D eigenvalue weighted by molar-refractivity contribution is -0.137. The molecule has 2 N–H and O–H groups in total. The molecule has 0 saturated carbocycles. The van der Waals surface area contributed by atoms with Gasteiger partial charge in [0.05, 0.1) is 5.39 Å². The van der Waals surface area contributed by atoms with E-state index in [1.165, 1.54) is 16.9 Å². The molecule has 0 unspecified atom stereocenters. The molecule has 2 aromatic heterocycles. The fraction of sp³-hybridized carbons (Fsp3) is 0.500. The Labute approximate surface area is 121 Å². The molecule has 1 aliphatic carbocycles. The van der Waals surface area contributed by atoms with Crippen molar-refractivity contribution in [2.24, 2.45) is 0 Å². The summed E-state index contributed by atoms with van der Waals surface area (Å²) in [6.07, 6.45) is 4.06. The van der Waals surface area contributed by atoms with Crippen molar-refractivity contribution in [3.8, 4) is 0 Å². The number of carbonyl (C=O) groups is 1. The molecule has 5 nitrogen and oxygen atoms in total. The molecule has 0 aliphatic heterocycles. The summed E-state index contributed by atoms with van der Waals surface area (Å²) in [4.78, 5) is 22.5. The maximum Gasteiger partial charge on any atom is 0.325 e. The molecule has 106 valence electrons. The summed E-state index contributed by atoms with van der Waals surface area (Å²) in [5.41, 5.74) is 1.31. The van der Waals surface area contributed by atoms with Gasteiger partial charge in [0.25, 0.3) is 0 Å². The first-order valence-electron chi connectivity index (χ1n) is 6.90. The highest BCUT2D eigenvalue weighted by atomic mass is 32.1. The highest BCUT2D eigenvalue weighted by Gasteiger charge is 2.23. The predicted octanol–water partition coefficient (Wildman–Crippen LogP) is 2.63. The Morgan fingerprint density at radius 3 is 2.95 bits per heavy atom. The molecule has 1 atom stereocenters. The fourth-order valence-corrected chi connectivity index (χ4v) is 3.85. The van der Waals surface area contributed by atoms with E-state index in [-0.39, 0.29) is 0 Å². The van der Waals surface area contributed by atoms with Gasteiger partial charge in [-0.05, 0) is 31.7 Å². The molecule has 0 spiro atoms. The van der Waals surface area contributed by atoms with E-state index in [1.807, 2.05) is 6.92 Å². The van der Waals surface area contributed by atoms with Crippen molar-refractivity contribution >= 4 is 33.3 Å². The summed E-state index contributed by atoms with van der Waals surface area (Å²) >= 11 is 1.73. The highest BCUT2D eigenvalue weighted by molar-refractivity contribution is 7.19. The molecule has 3 rings (SSSR count). The Kier molecular flexibility index (Phi) is 3.33. The van der Waals surface area contributed by atoms with Gasteiger partial charge in [0.2, 0.25) is 0 Å². The van der Waals surface area contributed by atoms with Crippen LogP contribution in [0, 0.1) is 0 Å². The van der Waals surface area contributed by atoms with Crippen molar-refractivity contribution in [3.63, 3.8) is 0 Å². The van der Waals surface area contributed by atoms with E-state index in [4.69, 9.17) is 5.11 Å². The van der Waals surface area contributed by atoms with Crippen molar-refractivity contribution in [2.75, 3.05) is 5.32 Å². The lowest BCUT2D eigenvalue weighted by Crippen LogP contribution is -2.26. The van der Waals surface area contributed by atoms with Crippen molar-refractivity contribution in [1.29, 1.82) is 0 Å². The minimum atomic E-state index is -0.873. The third kappa shape index (κ3) is 2.14. The number of aromatic nitrogens is 2. The summed E-state index contributed by atoms with van der Waals surface area (Å²) in [6.45, 7) is 3.64. The molecule has 6 heteroatoms. The van der Waals surface area contributed by atoms with Gasteiger partial charge in [0.15, 0.2) is 0 Å². The maximum atomic E-state index is 11.1. The number of aryl methyl sites for hydroxylation is 3. The van der Waals surface area contributed by atoms with Gasteiger partial charge in [-0.25, -0.2) is 9.97 Å². The van der Waals surface area contributed by atoms with Crippen LogP contribution in [-0.2, 0) is 24.1 Å². The molecule has 0 amide bonds. The zero-order chi connectivity index (χ0) is 14.3. The van der Waals surface area contributed by atoms with Gasteiger partial charge in [-0.2, -0.15) is 0 Å². The number of rotatable bonds is 4. The first-order chi connectivity index (χ1) is 9.60. The third-order valence-corrected chi connectivity index (χ3v) is 4.84. The average Bonchev–Trinajstić information content (AvgIpc) is 2.97. The molecule has 1 aliphatic rings. The second kappa shape index (κ2) is 5.01. The van der Waals surface area contributed by atoms with E-state index < -0.39 is 12.0 Å². The maximum absolute atomic E-state index is 11.1. The average molecular weight is 291 g/mol. The van der Waals surface area contributed by atoms with E-state index in [2.05, 4.69) is 15.3 Å². The molecule has 0 radical (unpaired) electrons. The molecule has 2 heterocycles. The van der Waals surface area contributed by atoms with Crippen LogP contribution in [0.1, 0.15) is 36.5 Å². The first kappa shape index (κ1) is 13.3.